The van der Waals surface area contributed by atoms with Crippen molar-refractivity contribution in [2.24, 2.45) is 11.7 Å². The Hall–Kier alpha value is -4.02. The number of halogens is 1. The maximum absolute atomic E-state index is 14.0. The van der Waals surface area contributed by atoms with E-state index in [4.69, 9.17) is 17.3 Å². The lowest BCUT2D eigenvalue weighted by Gasteiger charge is -2.38. The molecule has 46 heavy (non-hydrogen) atoms. The van der Waals surface area contributed by atoms with Gasteiger partial charge in [0.25, 0.3) is 0 Å². The molecule has 1 saturated heterocycles. The zero-order chi connectivity index (χ0) is 33.4. The van der Waals surface area contributed by atoms with Crippen LogP contribution in [0.5, 0.6) is 0 Å². The van der Waals surface area contributed by atoms with Crippen LogP contribution in [-0.4, -0.2) is 76.1 Å². The van der Waals surface area contributed by atoms with E-state index in [9.17, 15) is 29.1 Å². The number of aliphatic hydroxyl groups excluding tert-OH is 1. The van der Waals surface area contributed by atoms with E-state index in [1.165, 1.54) is 11.8 Å². The number of rotatable bonds is 14. The molecule has 1 aliphatic heterocycles. The molecule has 4 amide bonds. The number of aliphatic hydroxyl groups is 1. The number of fused-ring (bicyclic) bond motifs is 1. The van der Waals surface area contributed by atoms with Crippen molar-refractivity contribution in [2.75, 3.05) is 12.4 Å². The second-order valence-electron chi connectivity index (χ2n) is 12.3. The number of hydrogen-bond acceptors (Lipinski definition) is 6. The highest BCUT2D eigenvalue weighted by Gasteiger charge is 2.39. The number of carbonyl (C=O) groups is 5. The number of nitrogens with two attached hydrogens (primary N) is 1. The summed E-state index contributed by atoms with van der Waals surface area (Å²) in [5.74, 6) is -3.83. The summed E-state index contributed by atoms with van der Waals surface area (Å²) in [6, 6.07) is 12.4. The first-order valence-corrected chi connectivity index (χ1v) is 16.3. The van der Waals surface area contributed by atoms with E-state index in [0.717, 1.165) is 27.8 Å². The number of nitrogens with zero attached hydrogens (tertiary/aromatic N) is 1. The predicted octanol–water partition coefficient (Wildman–Crippen LogP) is 2.60. The van der Waals surface area contributed by atoms with E-state index >= 15 is 0 Å². The Morgan fingerprint density at radius 2 is 1.74 bits per heavy atom. The van der Waals surface area contributed by atoms with E-state index in [1.807, 2.05) is 61.5 Å². The Kier molecular flexibility index (Phi) is 12.1. The number of carbonyl (C=O) groups excluding carboxylic acids is 5. The first-order valence-electron chi connectivity index (χ1n) is 15.8. The molecule has 0 bridgehead atoms. The van der Waals surface area contributed by atoms with Crippen LogP contribution in [0.1, 0.15) is 61.3 Å². The smallest absolute Gasteiger partial charge is 0.248 e. The minimum Gasteiger partial charge on any atom is -0.391 e. The third-order valence-electron chi connectivity index (χ3n) is 8.79. The number of amides is 4. The summed E-state index contributed by atoms with van der Waals surface area (Å²) < 4.78 is 0. The summed E-state index contributed by atoms with van der Waals surface area (Å²) in [6.07, 6.45) is 3.50. The number of ketones is 1. The van der Waals surface area contributed by atoms with Crippen LogP contribution in [-0.2, 0) is 36.8 Å². The number of aryl methyl sites for hydroxylation is 1. The summed E-state index contributed by atoms with van der Waals surface area (Å²) in [5.41, 5.74) is 10.7. The topological polar surface area (TPSA) is 159 Å². The third kappa shape index (κ3) is 8.82. The molecule has 5 atom stereocenters. The number of likely N-dealkylation sites (tertiary alicyclic amines) is 1. The summed E-state index contributed by atoms with van der Waals surface area (Å²) >= 11 is 5.62. The first kappa shape index (κ1) is 34.8. The third-order valence-corrected chi connectivity index (χ3v) is 9.03. The van der Waals surface area contributed by atoms with Crippen LogP contribution in [0, 0.1) is 12.8 Å². The van der Waals surface area contributed by atoms with Crippen LogP contribution in [0.3, 0.4) is 0 Å². The van der Waals surface area contributed by atoms with Crippen molar-refractivity contribution < 1.29 is 29.1 Å². The zero-order valence-corrected chi connectivity index (χ0v) is 27.1. The highest BCUT2D eigenvalue weighted by atomic mass is 35.5. The molecule has 1 fully saturated rings. The summed E-state index contributed by atoms with van der Waals surface area (Å²) in [6.45, 7) is 3.58. The van der Waals surface area contributed by atoms with Crippen molar-refractivity contribution in [3.63, 3.8) is 0 Å². The number of nitrogens with one attached hydrogen (secondary N) is 2. The molecule has 2 aromatic carbocycles. The first-order chi connectivity index (χ1) is 22.0. The average Bonchev–Trinajstić information content (AvgIpc) is 3.45. The number of Topliss-reactive ketones (excluding diaryl/α,β-unsaturated/α-hetero) is 1. The van der Waals surface area contributed by atoms with E-state index in [1.54, 1.807) is 0 Å². The molecule has 0 saturated carbocycles. The van der Waals surface area contributed by atoms with Gasteiger partial charge in [-0.3, -0.25) is 24.0 Å². The van der Waals surface area contributed by atoms with Crippen LogP contribution in [0.25, 0.3) is 5.57 Å². The van der Waals surface area contributed by atoms with E-state index < -0.39 is 53.8 Å². The Bertz CT molecular complexity index is 1470. The Balaban J connectivity index is 1.57. The van der Waals surface area contributed by atoms with Crippen LogP contribution in [0.15, 0.2) is 54.6 Å². The van der Waals surface area contributed by atoms with Crippen molar-refractivity contribution in [1.29, 1.82) is 0 Å². The van der Waals surface area contributed by atoms with Gasteiger partial charge in [-0.1, -0.05) is 60.2 Å². The van der Waals surface area contributed by atoms with E-state index in [2.05, 4.69) is 10.6 Å². The van der Waals surface area contributed by atoms with Gasteiger partial charge in [-0.15, -0.1) is 11.6 Å². The fraction of sp³-hybridized carbons (Fsp3) is 0.457. The van der Waals surface area contributed by atoms with Crippen molar-refractivity contribution >= 4 is 46.6 Å². The van der Waals surface area contributed by atoms with Crippen molar-refractivity contribution in [3.05, 3.63) is 76.9 Å². The van der Waals surface area contributed by atoms with E-state index in [-0.39, 0.29) is 37.5 Å². The molecule has 2 aromatic rings. The minimum absolute atomic E-state index is 0.162. The molecule has 11 heteroatoms. The highest BCUT2D eigenvalue weighted by molar-refractivity contribution is 6.27. The number of benzene rings is 2. The van der Waals surface area contributed by atoms with Crippen LogP contribution in [0.2, 0.25) is 0 Å². The molecule has 0 aromatic heterocycles. The van der Waals surface area contributed by atoms with Crippen molar-refractivity contribution in [3.8, 4) is 0 Å². The van der Waals surface area contributed by atoms with Crippen LogP contribution < -0.4 is 16.4 Å². The number of piperidine rings is 1. The van der Waals surface area contributed by atoms with Gasteiger partial charge in [0.15, 0.2) is 5.78 Å². The molecule has 0 spiro atoms. The molecule has 10 nitrogen and oxygen atoms in total. The molecule has 1 aliphatic carbocycles. The second kappa shape index (κ2) is 16.0. The van der Waals surface area contributed by atoms with E-state index in [0.29, 0.717) is 25.7 Å². The molecular formula is C35H43ClN4O6. The van der Waals surface area contributed by atoms with Gasteiger partial charge in [-0.2, -0.15) is 0 Å². The zero-order valence-electron chi connectivity index (χ0n) is 26.3. The summed E-state index contributed by atoms with van der Waals surface area (Å²) in [5, 5.41) is 15.7. The Morgan fingerprint density at radius 3 is 2.41 bits per heavy atom. The largest absolute Gasteiger partial charge is 0.391 e. The summed E-state index contributed by atoms with van der Waals surface area (Å²) in [7, 11) is 0. The second-order valence-corrected chi connectivity index (χ2v) is 12.5. The van der Waals surface area contributed by atoms with Gasteiger partial charge < -0.3 is 26.4 Å². The quantitative estimate of drug-likeness (QED) is 0.230. The standard InChI is InChI=1S/C35H43ClN4O6/c1-21-10-12-23(13-11-21)17-26(33(37)44)19-30(42)28(18-25-15-14-24-7-3-4-8-27(24)25)38-34(45)29-9-5-6-16-40(29)35(46)32(22(2)41)39-31(43)20-36/h3-4,7-8,10-13,15,22,26,28-29,32,41H,5-6,9,14,16-20H2,1-2H3,(H2,37,44)(H,38,45)(H,39,43)/t22?,26-,28+,29+,32+/m1/s1. The average molecular weight is 651 g/mol. The molecular weight excluding hydrogens is 608 g/mol. The normalized spacial score (nSPS) is 18.4. The molecule has 1 heterocycles. The monoisotopic (exact) mass is 650 g/mol. The van der Waals surface area contributed by atoms with Crippen LogP contribution in [0.4, 0.5) is 0 Å². The fourth-order valence-corrected chi connectivity index (χ4v) is 6.27. The van der Waals surface area contributed by atoms with Gasteiger partial charge in [0, 0.05) is 25.3 Å². The molecule has 246 valence electrons. The Morgan fingerprint density at radius 1 is 1.02 bits per heavy atom. The van der Waals surface area contributed by atoms with Crippen LogP contribution >= 0.6 is 11.6 Å². The molecule has 2 aliphatic rings. The van der Waals surface area contributed by atoms with Gasteiger partial charge in [0.1, 0.15) is 18.0 Å². The van der Waals surface area contributed by atoms with Gasteiger partial charge in [-0.05, 0) is 68.2 Å². The van der Waals surface area contributed by atoms with Gasteiger partial charge in [0.2, 0.25) is 23.6 Å². The van der Waals surface area contributed by atoms with Crippen molar-refractivity contribution in [1.82, 2.24) is 15.5 Å². The van der Waals surface area contributed by atoms with Gasteiger partial charge in [0.05, 0.1) is 12.1 Å². The number of hydrogen-bond donors (Lipinski definition) is 4. The number of alkyl halides is 1. The minimum atomic E-state index is -1.28. The van der Waals surface area contributed by atoms with Crippen molar-refractivity contribution in [2.45, 2.75) is 83.0 Å². The fourth-order valence-electron chi connectivity index (χ4n) is 6.20. The number of allylic oxidation sites excluding steroid dienone is 1. The molecule has 5 N–H and O–H groups in total. The molecule has 4 rings (SSSR count). The molecule has 0 radical (unpaired) electrons. The lowest BCUT2D eigenvalue weighted by Crippen LogP contribution is -2.61. The SMILES string of the molecule is Cc1ccc(C[C@H](CC(=O)[C@H](CC2=CCc3ccccc32)NC(=O)[C@@H]2CCCCN2C(=O)[C@@H](NC(=O)CCl)C(C)O)C(N)=O)cc1. The highest BCUT2D eigenvalue weighted by Crippen LogP contribution is 2.31. The maximum atomic E-state index is 14.0. The number of primary amides is 1. The molecule has 1 unspecified atom stereocenters. The Labute approximate surface area is 274 Å². The van der Waals surface area contributed by atoms with Gasteiger partial charge in [-0.25, -0.2) is 0 Å². The summed E-state index contributed by atoms with van der Waals surface area (Å²) in [4.78, 5) is 67.3. The maximum Gasteiger partial charge on any atom is 0.248 e. The lowest BCUT2D eigenvalue weighted by molar-refractivity contribution is -0.147. The predicted molar refractivity (Wildman–Crippen MR) is 176 cm³/mol. The lowest BCUT2D eigenvalue weighted by atomic mass is 9.88. The van der Waals surface area contributed by atoms with Gasteiger partial charge >= 0.3 is 0 Å².